The molecule has 2 fully saturated rings. The van der Waals surface area contributed by atoms with E-state index in [-0.39, 0.29) is 18.6 Å². The molecule has 92 valence electrons. The van der Waals surface area contributed by atoms with Crippen LogP contribution in [0.15, 0.2) is 0 Å². The third-order valence-corrected chi connectivity index (χ3v) is 3.41. The van der Waals surface area contributed by atoms with E-state index in [1.54, 1.807) is 0 Å². The van der Waals surface area contributed by atoms with Gasteiger partial charge >= 0.3 is 0 Å². The minimum absolute atomic E-state index is 0.134. The molecule has 2 aliphatic heterocycles. The van der Waals surface area contributed by atoms with Gasteiger partial charge < -0.3 is 25.0 Å². The average Bonchev–Trinajstić information content (AvgIpc) is 2.67. The van der Waals surface area contributed by atoms with E-state index >= 15 is 0 Å². The summed E-state index contributed by atoms with van der Waals surface area (Å²) in [7, 11) is 0. The number of carbonyl (C=O) groups is 1. The summed E-state index contributed by atoms with van der Waals surface area (Å²) in [4.78, 5) is 12.9. The maximum Gasteiger partial charge on any atom is 0.219 e. The molecule has 6 heteroatoms. The van der Waals surface area contributed by atoms with Crippen LogP contribution in [0.1, 0.15) is 13.3 Å². The summed E-state index contributed by atoms with van der Waals surface area (Å²) >= 11 is 0. The van der Waals surface area contributed by atoms with Crippen LogP contribution < -0.4 is 0 Å². The van der Waals surface area contributed by atoms with Crippen LogP contribution in [0.5, 0.6) is 0 Å². The topological polar surface area (TPSA) is 90.2 Å². The first kappa shape index (κ1) is 11.8. The van der Waals surface area contributed by atoms with E-state index in [0.717, 1.165) is 0 Å². The fourth-order valence-electron chi connectivity index (χ4n) is 2.59. The molecule has 0 aliphatic carbocycles. The van der Waals surface area contributed by atoms with E-state index in [1.807, 2.05) is 0 Å². The molecule has 6 nitrogen and oxygen atoms in total. The first-order chi connectivity index (χ1) is 7.56. The number of fused-ring (bicyclic) bond motifs is 1. The summed E-state index contributed by atoms with van der Waals surface area (Å²) in [5.74, 6) is -0.134. The van der Waals surface area contributed by atoms with Crippen molar-refractivity contribution in [3.05, 3.63) is 0 Å². The SMILES string of the molecule is CC(=O)N1CC[C@H]2OC(CO)[C@H](O)C(O)[C@H]21. The Balaban J connectivity index is 2.17. The van der Waals surface area contributed by atoms with Gasteiger partial charge in [0.05, 0.1) is 18.8 Å². The molecular weight excluding hydrogens is 214 g/mol. The average molecular weight is 231 g/mol. The Hall–Kier alpha value is -0.690. The molecule has 1 amide bonds. The first-order valence-corrected chi connectivity index (χ1v) is 5.46. The highest BCUT2D eigenvalue weighted by Gasteiger charge is 2.50. The molecule has 3 N–H and O–H groups in total. The van der Waals surface area contributed by atoms with Crippen molar-refractivity contribution in [3.63, 3.8) is 0 Å². The highest BCUT2D eigenvalue weighted by molar-refractivity contribution is 5.74. The molecule has 2 heterocycles. The van der Waals surface area contributed by atoms with E-state index in [4.69, 9.17) is 9.84 Å². The van der Waals surface area contributed by atoms with Gasteiger partial charge in [-0.15, -0.1) is 0 Å². The van der Waals surface area contributed by atoms with Gasteiger partial charge in [0.25, 0.3) is 0 Å². The quantitative estimate of drug-likeness (QED) is 0.490. The zero-order valence-corrected chi connectivity index (χ0v) is 9.11. The number of likely N-dealkylation sites (tertiary alicyclic amines) is 1. The van der Waals surface area contributed by atoms with Gasteiger partial charge in [-0.1, -0.05) is 0 Å². The lowest BCUT2D eigenvalue weighted by Crippen LogP contribution is -2.61. The second-order valence-electron chi connectivity index (χ2n) is 4.37. The predicted molar refractivity (Wildman–Crippen MR) is 53.6 cm³/mol. The van der Waals surface area contributed by atoms with Gasteiger partial charge in [-0.05, 0) is 6.42 Å². The Morgan fingerprint density at radius 2 is 2.12 bits per heavy atom. The lowest BCUT2D eigenvalue weighted by atomic mass is 9.93. The summed E-state index contributed by atoms with van der Waals surface area (Å²) < 4.78 is 5.47. The maximum absolute atomic E-state index is 11.3. The number of aliphatic hydroxyl groups is 3. The monoisotopic (exact) mass is 231 g/mol. The van der Waals surface area contributed by atoms with Gasteiger partial charge in [0.1, 0.15) is 18.3 Å². The molecule has 0 aromatic carbocycles. The minimum Gasteiger partial charge on any atom is -0.394 e. The molecule has 0 aromatic rings. The van der Waals surface area contributed by atoms with Crippen molar-refractivity contribution in [1.82, 2.24) is 4.90 Å². The summed E-state index contributed by atoms with van der Waals surface area (Å²) in [6.07, 6.45) is -2.62. The lowest BCUT2D eigenvalue weighted by molar-refractivity contribution is -0.198. The number of rotatable bonds is 1. The molecule has 0 bridgehead atoms. The number of aliphatic hydroxyl groups excluding tert-OH is 3. The highest BCUT2D eigenvalue weighted by Crippen LogP contribution is 2.31. The van der Waals surface area contributed by atoms with Crippen LogP contribution in [0.2, 0.25) is 0 Å². The molecule has 2 rings (SSSR count). The summed E-state index contributed by atoms with van der Waals surface area (Å²) in [5, 5.41) is 28.6. The zero-order chi connectivity index (χ0) is 11.9. The third-order valence-electron chi connectivity index (χ3n) is 3.41. The molecule has 5 atom stereocenters. The standard InChI is InChI=1S/C10H17NO5/c1-5(13)11-3-2-6-8(11)10(15)9(14)7(4-12)16-6/h6-10,12,14-15H,2-4H2,1H3/t6-,7?,8+,9+,10?/m1/s1. The Morgan fingerprint density at radius 3 is 2.69 bits per heavy atom. The minimum atomic E-state index is -1.15. The Bertz CT molecular complexity index is 284. The molecule has 0 radical (unpaired) electrons. The third kappa shape index (κ3) is 1.71. The van der Waals surface area contributed by atoms with E-state index < -0.39 is 24.4 Å². The van der Waals surface area contributed by atoms with Crippen LogP contribution in [0.3, 0.4) is 0 Å². The van der Waals surface area contributed by atoms with Crippen molar-refractivity contribution in [1.29, 1.82) is 0 Å². The second-order valence-corrected chi connectivity index (χ2v) is 4.37. The van der Waals surface area contributed by atoms with E-state index in [1.165, 1.54) is 11.8 Å². The first-order valence-electron chi connectivity index (χ1n) is 5.46. The normalized spacial score (nSPS) is 43.2. The molecule has 2 unspecified atom stereocenters. The number of ether oxygens (including phenoxy) is 1. The lowest BCUT2D eigenvalue weighted by Gasteiger charge is -2.41. The number of amides is 1. The van der Waals surface area contributed by atoms with Gasteiger partial charge in [0, 0.05) is 13.5 Å². The molecule has 2 aliphatic rings. The van der Waals surface area contributed by atoms with Crippen molar-refractivity contribution in [3.8, 4) is 0 Å². The Labute approximate surface area is 93.4 Å². The Kier molecular flexibility index (Phi) is 3.16. The molecule has 0 saturated carbocycles. The molecule has 2 saturated heterocycles. The summed E-state index contributed by atoms with van der Waals surface area (Å²) in [6, 6.07) is -0.490. The molecule has 16 heavy (non-hydrogen) atoms. The summed E-state index contributed by atoms with van der Waals surface area (Å²) in [5.41, 5.74) is 0. The number of hydrogen-bond acceptors (Lipinski definition) is 5. The van der Waals surface area contributed by atoms with Crippen molar-refractivity contribution >= 4 is 5.91 Å². The largest absolute Gasteiger partial charge is 0.394 e. The van der Waals surface area contributed by atoms with Crippen molar-refractivity contribution in [2.75, 3.05) is 13.2 Å². The number of carbonyl (C=O) groups excluding carboxylic acids is 1. The predicted octanol–water partition coefficient (Wildman–Crippen LogP) is -1.91. The molecular formula is C10H17NO5. The number of hydrogen-bond donors (Lipinski definition) is 3. The van der Waals surface area contributed by atoms with E-state index in [2.05, 4.69) is 0 Å². The van der Waals surface area contributed by atoms with Crippen LogP contribution in [0, 0.1) is 0 Å². The summed E-state index contributed by atoms with van der Waals surface area (Å²) in [6.45, 7) is 1.62. The van der Waals surface area contributed by atoms with Crippen LogP contribution >= 0.6 is 0 Å². The fourth-order valence-corrected chi connectivity index (χ4v) is 2.59. The van der Waals surface area contributed by atoms with Crippen LogP contribution in [0.4, 0.5) is 0 Å². The van der Waals surface area contributed by atoms with Crippen LogP contribution in [0.25, 0.3) is 0 Å². The van der Waals surface area contributed by atoms with Gasteiger partial charge in [-0.25, -0.2) is 0 Å². The maximum atomic E-state index is 11.3. The van der Waals surface area contributed by atoms with Gasteiger partial charge in [0.15, 0.2) is 0 Å². The Morgan fingerprint density at radius 1 is 1.44 bits per heavy atom. The van der Waals surface area contributed by atoms with Gasteiger partial charge in [-0.2, -0.15) is 0 Å². The fraction of sp³-hybridized carbons (Fsp3) is 0.900. The van der Waals surface area contributed by atoms with E-state index in [9.17, 15) is 15.0 Å². The smallest absolute Gasteiger partial charge is 0.219 e. The molecule has 0 aromatic heterocycles. The van der Waals surface area contributed by atoms with E-state index in [0.29, 0.717) is 13.0 Å². The van der Waals surface area contributed by atoms with Crippen molar-refractivity contribution < 1.29 is 24.9 Å². The van der Waals surface area contributed by atoms with Gasteiger partial charge in [-0.3, -0.25) is 4.79 Å². The van der Waals surface area contributed by atoms with Crippen molar-refractivity contribution in [2.45, 2.75) is 43.8 Å². The highest BCUT2D eigenvalue weighted by atomic mass is 16.5. The number of nitrogens with zero attached hydrogens (tertiary/aromatic N) is 1. The van der Waals surface area contributed by atoms with Gasteiger partial charge in [0.2, 0.25) is 5.91 Å². The van der Waals surface area contributed by atoms with Crippen molar-refractivity contribution in [2.24, 2.45) is 0 Å². The van der Waals surface area contributed by atoms with Crippen LogP contribution in [-0.2, 0) is 9.53 Å². The van der Waals surface area contributed by atoms with Crippen LogP contribution in [-0.4, -0.2) is 69.7 Å². The molecule has 0 spiro atoms. The second kappa shape index (κ2) is 4.29. The zero-order valence-electron chi connectivity index (χ0n) is 9.11.